The van der Waals surface area contributed by atoms with Crippen LogP contribution in [0.3, 0.4) is 0 Å². The molecule has 0 saturated heterocycles. The highest BCUT2D eigenvalue weighted by Gasteiger charge is 2.28. The van der Waals surface area contributed by atoms with Crippen LogP contribution in [0.1, 0.15) is 45.1 Å². The third-order valence-corrected chi connectivity index (χ3v) is 4.04. The summed E-state index contributed by atoms with van der Waals surface area (Å²) in [6.45, 7) is 1.96. The normalized spacial score (nSPS) is 15.7. The molecule has 0 spiro atoms. The van der Waals surface area contributed by atoms with E-state index in [1.165, 1.54) is 11.8 Å². The van der Waals surface area contributed by atoms with Crippen molar-refractivity contribution in [1.29, 1.82) is 0 Å². The number of tetrazole rings is 1. The molecule has 2 rings (SSSR count). The summed E-state index contributed by atoms with van der Waals surface area (Å²) >= 11 is 1.28. The van der Waals surface area contributed by atoms with E-state index in [2.05, 4.69) is 20.8 Å². The summed E-state index contributed by atoms with van der Waals surface area (Å²) < 4.78 is 1.75. The third-order valence-electron chi connectivity index (χ3n) is 3.11. The number of hydrogen-bond acceptors (Lipinski definition) is 6. The fraction of sp³-hybridized carbons (Fsp3) is 0.750. The Morgan fingerprint density at radius 3 is 2.90 bits per heavy atom. The predicted molar refractivity (Wildman–Crippen MR) is 75.9 cm³/mol. The second-order valence-electron chi connectivity index (χ2n) is 5.08. The Morgan fingerprint density at radius 1 is 1.52 bits per heavy atom. The molecule has 1 atom stereocenters. The van der Waals surface area contributed by atoms with Gasteiger partial charge in [-0.2, -0.15) is 0 Å². The van der Waals surface area contributed by atoms with Crippen LogP contribution < -0.4 is 5.32 Å². The highest BCUT2D eigenvalue weighted by Crippen LogP contribution is 2.36. The molecule has 9 heteroatoms. The SMILES string of the molecule is CCCC(CC(=O)O)NC(=O)CSc1nnnn1C1CC1. The van der Waals surface area contributed by atoms with Gasteiger partial charge in [0.1, 0.15) is 0 Å². The summed E-state index contributed by atoms with van der Waals surface area (Å²) in [5.74, 6) is -0.906. The molecule has 1 fully saturated rings. The molecule has 1 heterocycles. The van der Waals surface area contributed by atoms with Crippen molar-refractivity contribution in [3.05, 3.63) is 0 Å². The lowest BCUT2D eigenvalue weighted by Gasteiger charge is -2.15. The van der Waals surface area contributed by atoms with Crippen LogP contribution in [0.15, 0.2) is 5.16 Å². The summed E-state index contributed by atoms with van der Waals surface area (Å²) in [7, 11) is 0. The number of carboxylic acids is 1. The lowest BCUT2D eigenvalue weighted by molar-refractivity contribution is -0.137. The predicted octanol–water partition coefficient (Wildman–Crippen LogP) is 0.860. The van der Waals surface area contributed by atoms with E-state index < -0.39 is 5.97 Å². The number of amides is 1. The van der Waals surface area contributed by atoms with Gasteiger partial charge in [-0.15, -0.1) is 5.10 Å². The first-order chi connectivity index (χ1) is 10.1. The van der Waals surface area contributed by atoms with Crippen LogP contribution in [0.4, 0.5) is 0 Å². The molecule has 2 N–H and O–H groups in total. The second-order valence-corrected chi connectivity index (χ2v) is 6.02. The van der Waals surface area contributed by atoms with Crippen molar-refractivity contribution in [1.82, 2.24) is 25.5 Å². The minimum Gasteiger partial charge on any atom is -0.481 e. The smallest absolute Gasteiger partial charge is 0.305 e. The number of nitrogens with one attached hydrogen (secondary N) is 1. The minimum atomic E-state index is -0.904. The van der Waals surface area contributed by atoms with Gasteiger partial charge >= 0.3 is 5.97 Å². The lowest BCUT2D eigenvalue weighted by atomic mass is 10.1. The van der Waals surface area contributed by atoms with Gasteiger partial charge in [0.25, 0.3) is 0 Å². The number of aliphatic carboxylic acids is 1. The Kier molecular flexibility index (Phi) is 5.54. The summed E-state index contributed by atoms with van der Waals surface area (Å²) in [6.07, 6.45) is 3.57. The van der Waals surface area contributed by atoms with Crippen molar-refractivity contribution in [2.75, 3.05) is 5.75 Å². The number of carbonyl (C=O) groups is 2. The number of rotatable bonds is 9. The van der Waals surface area contributed by atoms with Gasteiger partial charge in [-0.05, 0) is 29.7 Å². The molecule has 21 heavy (non-hydrogen) atoms. The Bertz CT molecular complexity index is 503. The van der Waals surface area contributed by atoms with Crippen LogP contribution in [0, 0.1) is 0 Å². The zero-order valence-electron chi connectivity index (χ0n) is 11.9. The highest BCUT2D eigenvalue weighted by molar-refractivity contribution is 7.99. The fourth-order valence-electron chi connectivity index (χ4n) is 2.01. The van der Waals surface area contributed by atoms with Gasteiger partial charge < -0.3 is 10.4 Å². The van der Waals surface area contributed by atoms with E-state index in [1.54, 1.807) is 4.68 Å². The maximum absolute atomic E-state index is 11.9. The average molecular weight is 313 g/mol. The first-order valence-electron chi connectivity index (χ1n) is 7.02. The van der Waals surface area contributed by atoms with Crippen LogP contribution in [0.25, 0.3) is 0 Å². The number of hydrogen-bond donors (Lipinski definition) is 2. The van der Waals surface area contributed by atoms with E-state index in [0.717, 1.165) is 19.3 Å². The minimum absolute atomic E-state index is 0.0515. The zero-order chi connectivity index (χ0) is 15.2. The van der Waals surface area contributed by atoms with E-state index in [9.17, 15) is 9.59 Å². The quantitative estimate of drug-likeness (QED) is 0.650. The van der Waals surface area contributed by atoms with Gasteiger partial charge in [-0.25, -0.2) is 4.68 Å². The third kappa shape index (κ3) is 5.00. The molecule has 8 nitrogen and oxygen atoms in total. The standard InChI is InChI=1S/C12H19N5O3S/c1-2-3-8(6-11(19)20)13-10(18)7-21-12-14-15-16-17(12)9-4-5-9/h8-9H,2-7H2,1H3,(H,13,18)(H,19,20). The van der Waals surface area contributed by atoms with Crippen molar-refractivity contribution < 1.29 is 14.7 Å². The zero-order valence-corrected chi connectivity index (χ0v) is 12.7. The van der Waals surface area contributed by atoms with Crippen LogP contribution in [-0.4, -0.2) is 49.0 Å². The molecular formula is C12H19N5O3S. The van der Waals surface area contributed by atoms with Crippen LogP contribution >= 0.6 is 11.8 Å². The van der Waals surface area contributed by atoms with Crippen molar-refractivity contribution in [2.45, 2.75) is 56.3 Å². The molecular weight excluding hydrogens is 294 g/mol. The maximum atomic E-state index is 11.9. The van der Waals surface area contributed by atoms with Crippen molar-refractivity contribution in [3.8, 4) is 0 Å². The van der Waals surface area contributed by atoms with E-state index >= 15 is 0 Å². The van der Waals surface area contributed by atoms with Crippen molar-refractivity contribution in [3.63, 3.8) is 0 Å². The van der Waals surface area contributed by atoms with Gasteiger partial charge in [-0.1, -0.05) is 25.1 Å². The lowest BCUT2D eigenvalue weighted by Crippen LogP contribution is -2.37. The van der Waals surface area contributed by atoms with Crippen LogP contribution in [0.5, 0.6) is 0 Å². The van der Waals surface area contributed by atoms with Gasteiger partial charge in [0.2, 0.25) is 11.1 Å². The molecule has 116 valence electrons. The summed E-state index contributed by atoms with van der Waals surface area (Å²) in [5, 5.41) is 23.7. The number of nitrogens with zero attached hydrogens (tertiary/aromatic N) is 4. The first kappa shape index (κ1) is 15.7. The Balaban J connectivity index is 1.80. The van der Waals surface area contributed by atoms with Crippen LogP contribution in [0.2, 0.25) is 0 Å². The van der Waals surface area contributed by atoms with Crippen molar-refractivity contribution >= 4 is 23.6 Å². The second kappa shape index (κ2) is 7.39. The molecule has 1 unspecified atom stereocenters. The molecule has 1 aliphatic carbocycles. The largest absolute Gasteiger partial charge is 0.481 e. The molecule has 0 aromatic carbocycles. The number of thioether (sulfide) groups is 1. The van der Waals surface area contributed by atoms with Crippen LogP contribution in [-0.2, 0) is 9.59 Å². The molecule has 1 aromatic heterocycles. The maximum Gasteiger partial charge on any atom is 0.305 e. The van der Waals surface area contributed by atoms with E-state index in [-0.39, 0.29) is 24.1 Å². The summed E-state index contributed by atoms with van der Waals surface area (Å²) in [5.41, 5.74) is 0. The topological polar surface area (TPSA) is 110 Å². The number of carboxylic acid groups (broad SMARTS) is 1. The Hall–Kier alpha value is -1.64. The molecule has 1 aromatic rings. The Morgan fingerprint density at radius 2 is 2.29 bits per heavy atom. The molecule has 0 bridgehead atoms. The van der Waals surface area contributed by atoms with E-state index in [4.69, 9.17) is 5.11 Å². The van der Waals surface area contributed by atoms with Gasteiger partial charge in [0.15, 0.2) is 0 Å². The van der Waals surface area contributed by atoms with E-state index in [0.29, 0.717) is 17.6 Å². The van der Waals surface area contributed by atoms with E-state index in [1.807, 2.05) is 6.92 Å². The molecule has 1 saturated carbocycles. The summed E-state index contributed by atoms with van der Waals surface area (Å²) in [6, 6.07) is 0.0467. The first-order valence-corrected chi connectivity index (χ1v) is 8.00. The fourth-order valence-corrected chi connectivity index (χ4v) is 2.77. The number of carbonyl (C=O) groups excluding carboxylic acids is 1. The Labute approximate surface area is 126 Å². The van der Waals surface area contributed by atoms with Crippen molar-refractivity contribution in [2.24, 2.45) is 0 Å². The monoisotopic (exact) mass is 313 g/mol. The van der Waals surface area contributed by atoms with Gasteiger partial charge in [0.05, 0.1) is 18.2 Å². The summed E-state index contributed by atoms with van der Waals surface area (Å²) in [4.78, 5) is 22.6. The number of aromatic nitrogens is 4. The molecule has 1 amide bonds. The highest BCUT2D eigenvalue weighted by atomic mass is 32.2. The van der Waals surface area contributed by atoms with Gasteiger partial charge in [0, 0.05) is 6.04 Å². The molecule has 0 aliphatic heterocycles. The average Bonchev–Trinajstić information content (AvgIpc) is 3.15. The van der Waals surface area contributed by atoms with Gasteiger partial charge in [-0.3, -0.25) is 9.59 Å². The molecule has 1 aliphatic rings. The molecule has 0 radical (unpaired) electrons.